The lowest BCUT2D eigenvalue weighted by Gasteiger charge is -2.46. The highest BCUT2D eigenvalue weighted by molar-refractivity contribution is 7.80. The quantitative estimate of drug-likeness (QED) is 0.582. The van der Waals surface area contributed by atoms with E-state index in [4.69, 9.17) is 28.8 Å². The highest BCUT2D eigenvalue weighted by Gasteiger charge is 2.50. The molecule has 0 saturated heterocycles. The molecule has 0 amide bonds. The molecule has 1 heterocycles. The molecule has 1 atom stereocenters. The monoisotopic (exact) mass is 411 g/mol. The van der Waals surface area contributed by atoms with E-state index >= 15 is 0 Å². The molecule has 1 fully saturated rings. The van der Waals surface area contributed by atoms with Crippen LogP contribution in [0, 0.1) is 6.92 Å². The van der Waals surface area contributed by atoms with Gasteiger partial charge >= 0.3 is 0 Å². The molecule has 0 unspecified atom stereocenters. The van der Waals surface area contributed by atoms with E-state index < -0.39 is 0 Å². The lowest BCUT2D eigenvalue weighted by molar-refractivity contribution is 0.159. The Kier molecular flexibility index (Phi) is 5.44. The van der Waals surface area contributed by atoms with Crippen molar-refractivity contribution in [2.24, 2.45) is 4.99 Å². The molecule has 3 nitrogen and oxygen atoms in total. The van der Waals surface area contributed by atoms with Gasteiger partial charge in [0.25, 0.3) is 0 Å². The van der Waals surface area contributed by atoms with Crippen LogP contribution >= 0.6 is 23.8 Å². The van der Waals surface area contributed by atoms with Gasteiger partial charge in [0.15, 0.2) is 5.11 Å². The van der Waals surface area contributed by atoms with Crippen molar-refractivity contribution >= 4 is 40.5 Å². The standard InChI is InChI=1S/C23H26ClN3S/c1-16-11-12-19(24)15-20(16)25-21-23(13-7-4-8-14-23)27(22(28)26-21)17(2)18-9-5-3-6-10-18/h3,5-6,9-12,15,17H,4,7-8,13-14H2,1-2H3,(H,25,26,28)/t17-/m1/s1. The zero-order valence-corrected chi connectivity index (χ0v) is 18.0. The minimum Gasteiger partial charge on any atom is -0.341 e. The van der Waals surface area contributed by atoms with Gasteiger partial charge in [-0.15, -0.1) is 0 Å². The third-order valence-electron chi connectivity index (χ3n) is 6.12. The SMILES string of the molecule is Cc1ccc(Cl)cc1NC1=NC(=S)N([C@H](C)c2ccccc2)C12CCCCC2. The van der Waals surface area contributed by atoms with Crippen LogP contribution in [0.3, 0.4) is 0 Å². The van der Waals surface area contributed by atoms with Gasteiger partial charge in [0.05, 0.1) is 6.04 Å². The Morgan fingerprint density at radius 1 is 1.11 bits per heavy atom. The van der Waals surface area contributed by atoms with Crippen molar-refractivity contribution in [3.05, 3.63) is 64.7 Å². The number of aryl methyl sites for hydroxylation is 1. The molecule has 0 radical (unpaired) electrons. The molecule has 2 aromatic carbocycles. The van der Waals surface area contributed by atoms with Gasteiger partial charge in [0, 0.05) is 10.7 Å². The summed E-state index contributed by atoms with van der Waals surface area (Å²) in [5.41, 5.74) is 3.26. The van der Waals surface area contributed by atoms with Gasteiger partial charge in [-0.3, -0.25) is 0 Å². The first-order chi connectivity index (χ1) is 13.5. The average Bonchev–Trinajstić information content (AvgIpc) is 2.96. The van der Waals surface area contributed by atoms with E-state index in [0.717, 1.165) is 35.0 Å². The van der Waals surface area contributed by atoms with Crippen molar-refractivity contribution in [1.82, 2.24) is 4.90 Å². The minimum absolute atomic E-state index is 0.167. The Morgan fingerprint density at radius 3 is 2.54 bits per heavy atom. The fourth-order valence-corrected chi connectivity index (χ4v) is 5.18. The minimum atomic E-state index is -0.167. The largest absolute Gasteiger partial charge is 0.341 e. The normalized spacial score (nSPS) is 19.6. The fraction of sp³-hybridized carbons (Fsp3) is 0.391. The van der Waals surface area contributed by atoms with Gasteiger partial charge in [-0.1, -0.05) is 67.3 Å². The highest BCUT2D eigenvalue weighted by Crippen LogP contribution is 2.44. The number of halogens is 1. The van der Waals surface area contributed by atoms with Crippen LogP contribution in [0.4, 0.5) is 5.69 Å². The second-order valence-electron chi connectivity index (χ2n) is 7.88. The number of hydrogen-bond donors (Lipinski definition) is 1. The zero-order valence-electron chi connectivity index (χ0n) is 16.4. The summed E-state index contributed by atoms with van der Waals surface area (Å²) in [6.07, 6.45) is 5.78. The van der Waals surface area contributed by atoms with Crippen LogP contribution in [0.5, 0.6) is 0 Å². The number of anilines is 1. The summed E-state index contributed by atoms with van der Waals surface area (Å²) < 4.78 is 0. The molecule has 2 aromatic rings. The van der Waals surface area contributed by atoms with Gasteiger partial charge in [0.2, 0.25) is 0 Å². The van der Waals surface area contributed by atoms with E-state index in [1.54, 1.807) is 0 Å². The van der Waals surface area contributed by atoms with Gasteiger partial charge in [-0.25, -0.2) is 4.99 Å². The maximum Gasteiger partial charge on any atom is 0.198 e. The highest BCUT2D eigenvalue weighted by atomic mass is 35.5. The smallest absolute Gasteiger partial charge is 0.198 e. The number of benzene rings is 2. The van der Waals surface area contributed by atoms with E-state index in [1.807, 2.05) is 18.2 Å². The number of rotatable bonds is 3. The summed E-state index contributed by atoms with van der Waals surface area (Å²) in [5.74, 6) is 0.977. The molecule has 0 aromatic heterocycles. The number of hydrogen-bond acceptors (Lipinski definition) is 2. The van der Waals surface area contributed by atoms with E-state index in [-0.39, 0.29) is 11.6 Å². The van der Waals surface area contributed by atoms with Crippen LogP contribution in [-0.2, 0) is 0 Å². The molecule has 0 bridgehead atoms. The third kappa shape index (κ3) is 3.44. The third-order valence-corrected chi connectivity index (χ3v) is 6.64. The molecule has 1 N–H and O–H groups in total. The van der Waals surface area contributed by atoms with Crippen LogP contribution in [-0.4, -0.2) is 21.4 Å². The molecular weight excluding hydrogens is 386 g/mol. The van der Waals surface area contributed by atoms with Crippen molar-refractivity contribution in [2.45, 2.75) is 57.5 Å². The molecule has 5 heteroatoms. The first-order valence-corrected chi connectivity index (χ1v) is 10.8. The average molecular weight is 412 g/mol. The van der Waals surface area contributed by atoms with Crippen molar-refractivity contribution < 1.29 is 0 Å². The second kappa shape index (κ2) is 7.84. The molecule has 28 heavy (non-hydrogen) atoms. The summed E-state index contributed by atoms with van der Waals surface area (Å²) in [7, 11) is 0. The van der Waals surface area contributed by atoms with E-state index in [1.165, 1.54) is 24.8 Å². The molecule has 1 aliphatic heterocycles. The second-order valence-corrected chi connectivity index (χ2v) is 8.68. The van der Waals surface area contributed by atoms with Crippen molar-refractivity contribution in [3.8, 4) is 0 Å². The van der Waals surface area contributed by atoms with Crippen molar-refractivity contribution in [1.29, 1.82) is 0 Å². The first kappa shape index (κ1) is 19.4. The fourth-order valence-electron chi connectivity index (χ4n) is 4.58. The van der Waals surface area contributed by atoms with Crippen LogP contribution in [0.2, 0.25) is 5.02 Å². The van der Waals surface area contributed by atoms with Gasteiger partial charge in [0.1, 0.15) is 11.4 Å². The number of nitrogens with one attached hydrogen (secondary N) is 1. The van der Waals surface area contributed by atoms with Crippen LogP contribution in [0.15, 0.2) is 53.5 Å². The van der Waals surface area contributed by atoms with Crippen LogP contribution in [0.1, 0.15) is 56.2 Å². The summed E-state index contributed by atoms with van der Waals surface area (Å²) in [6, 6.07) is 16.7. The lowest BCUT2D eigenvalue weighted by Crippen LogP contribution is -2.55. The van der Waals surface area contributed by atoms with Gasteiger partial charge < -0.3 is 10.2 Å². The summed E-state index contributed by atoms with van der Waals surface area (Å²) in [6.45, 7) is 4.32. The Morgan fingerprint density at radius 2 is 1.82 bits per heavy atom. The first-order valence-electron chi connectivity index (χ1n) is 10.0. The summed E-state index contributed by atoms with van der Waals surface area (Å²) in [4.78, 5) is 7.25. The predicted octanol–water partition coefficient (Wildman–Crippen LogP) is 6.52. The Bertz CT molecular complexity index is 903. The maximum atomic E-state index is 6.25. The lowest BCUT2D eigenvalue weighted by atomic mass is 9.78. The molecule has 4 rings (SSSR count). The molecule has 1 spiro atoms. The number of thiocarbonyl (C=S) groups is 1. The molecule has 1 saturated carbocycles. The summed E-state index contributed by atoms with van der Waals surface area (Å²) >= 11 is 12.0. The van der Waals surface area contributed by atoms with E-state index in [9.17, 15) is 0 Å². The van der Waals surface area contributed by atoms with Crippen LogP contribution < -0.4 is 5.32 Å². The molecular formula is C23H26ClN3S. The number of amidine groups is 1. The maximum absolute atomic E-state index is 6.25. The Hall–Kier alpha value is -1.91. The van der Waals surface area contributed by atoms with E-state index in [0.29, 0.717) is 5.11 Å². The molecule has 146 valence electrons. The van der Waals surface area contributed by atoms with Crippen molar-refractivity contribution in [2.75, 3.05) is 5.32 Å². The Balaban J connectivity index is 1.72. The molecule has 2 aliphatic rings. The topological polar surface area (TPSA) is 27.6 Å². The zero-order chi connectivity index (χ0) is 19.7. The van der Waals surface area contributed by atoms with Gasteiger partial charge in [-0.2, -0.15) is 0 Å². The molecule has 1 aliphatic carbocycles. The number of nitrogens with zero attached hydrogens (tertiary/aromatic N) is 2. The van der Waals surface area contributed by atoms with Gasteiger partial charge in [-0.05, 0) is 62.2 Å². The van der Waals surface area contributed by atoms with Crippen LogP contribution in [0.25, 0.3) is 0 Å². The Labute approximate surface area is 177 Å². The number of aliphatic imine (C=N–C) groups is 1. The van der Waals surface area contributed by atoms with E-state index in [2.05, 4.69) is 54.4 Å². The van der Waals surface area contributed by atoms with Crippen molar-refractivity contribution in [3.63, 3.8) is 0 Å². The predicted molar refractivity (Wildman–Crippen MR) is 122 cm³/mol. The summed E-state index contributed by atoms with van der Waals surface area (Å²) in [5, 5.41) is 5.02.